The zero-order chi connectivity index (χ0) is 15.7. The van der Waals surface area contributed by atoms with Crippen molar-refractivity contribution in [2.45, 2.75) is 51.0 Å². The van der Waals surface area contributed by atoms with Crippen molar-refractivity contribution in [3.05, 3.63) is 0 Å². The van der Waals surface area contributed by atoms with Crippen LogP contribution in [0.3, 0.4) is 0 Å². The highest BCUT2D eigenvalue weighted by Crippen LogP contribution is 2.22. The van der Waals surface area contributed by atoms with Gasteiger partial charge >= 0.3 is 18.0 Å². The summed E-state index contributed by atoms with van der Waals surface area (Å²) in [5.74, 6) is -1.18. The Morgan fingerprint density at radius 2 is 1.90 bits per heavy atom. The Bertz CT molecular complexity index is 366. The molecule has 120 valence electrons. The van der Waals surface area contributed by atoms with Crippen LogP contribution in [0.5, 0.6) is 0 Å². The summed E-state index contributed by atoms with van der Waals surface area (Å²) in [6.07, 6.45) is 5.79. The summed E-state index contributed by atoms with van der Waals surface area (Å²) in [6.45, 7) is 0.565. The summed E-state index contributed by atoms with van der Waals surface area (Å²) >= 11 is 0. The number of carbonyl (C=O) groups excluding carboxylic acids is 2. The van der Waals surface area contributed by atoms with Gasteiger partial charge in [0.2, 0.25) is 0 Å². The number of carbonyl (C=O) groups is 3. The standard InChI is InChI=1S/C14H24N2O5/c1-21-12(17)8-7-11(13(18)19)16-14(20)15-9-10-5-3-2-4-6-10/h10-11H,2-9H2,1H3,(H,18,19)(H2,15,16,20)/t11-/m1/s1. The molecular formula is C14H24N2O5. The van der Waals surface area contributed by atoms with Crippen LogP contribution < -0.4 is 10.6 Å². The van der Waals surface area contributed by atoms with Gasteiger partial charge < -0.3 is 20.5 Å². The minimum atomic E-state index is -1.16. The van der Waals surface area contributed by atoms with Crippen LogP contribution in [0.25, 0.3) is 0 Å². The number of ether oxygens (including phenoxy) is 1. The maximum absolute atomic E-state index is 11.7. The number of carboxylic acids is 1. The molecule has 0 aromatic heterocycles. The van der Waals surface area contributed by atoms with Crippen molar-refractivity contribution in [2.75, 3.05) is 13.7 Å². The summed E-state index contributed by atoms with van der Waals surface area (Å²) in [6, 6.07) is -1.59. The molecule has 1 aliphatic rings. The molecule has 0 aliphatic heterocycles. The molecule has 1 atom stereocenters. The van der Waals surface area contributed by atoms with E-state index in [1.54, 1.807) is 0 Å². The molecule has 0 aromatic carbocycles. The molecule has 7 nitrogen and oxygen atoms in total. The summed E-state index contributed by atoms with van der Waals surface area (Å²) < 4.78 is 4.45. The molecular weight excluding hydrogens is 276 g/mol. The Balaban J connectivity index is 2.30. The van der Waals surface area contributed by atoms with Gasteiger partial charge in [0.1, 0.15) is 6.04 Å². The van der Waals surface area contributed by atoms with Gasteiger partial charge in [-0.2, -0.15) is 0 Å². The van der Waals surface area contributed by atoms with Gasteiger partial charge in [-0.05, 0) is 25.2 Å². The van der Waals surface area contributed by atoms with Crippen LogP contribution in [-0.2, 0) is 14.3 Å². The lowest BCUT2D eigenvalue weighted by Crippen LogP contribution is -2.47. The van der Waals surface area contributed by atoms with E-state index >= 15 is 0 Å². The van der Waals surface area contributed by atoms with Gasteiger partial charge in [0.25, 0.3) is 0 Å². The van der Waals surface area contributed by atoms with Gasteiger partial charge in [-0.3, -0.25) is 4.79 Å². The van der Waals surface area contributed by atoms with Crippen molar-refractivity contribution in [2.24, 2.45) is 5.92 Å². The summed E-state index contributed by atoms with van der Waals surface area (Å²) in [7, 11) is 1.24. The fourth-order valence-electron chi connectivity index (χ4n) is 2.46. The van der Waals surface area contributed by atoms with Crippen molar-refractivity contribution in [1.82, 2.24) is 10.6 Å². The molecule has 0 spiro atoms. The lowest BCUT2D eigenvalue weighted by molar-refractivity contribution is -0.142. The molecule has 0 radical (unpaired) electrons. The summed E-state index contributed by atoms with van der Waals surface area (Å²) in [4.78, 5) is 33.8. The molecule has 21 heavy (non-hydrogen) atoms. The minimum absolute atomic E-state index is 0.0128. The second kappa shape index (κ2) is 9.20. The number of nitrogens with one attached hydrogen (secondary N) is 2. The van der Waals surface area contributed by atoms with Crippen LogP contribution >= 0.6 is 0 Å². The number of urea groups is 1. The topological polar surface area (TPSA) is 105 Å². The van der Waals surface area contributed by atoms with Gasteiger partial charge in [0.15, 0.2) is 0 Å². The van der Waals surface area contributed by atoms with Crippen molar-refractivity contribution in [1.29, 1.82) is 0 Å². The van der Waals surface area contributed by atoms with Crippen LogP contribution in [0.15, 0.2) is 0 Å². The Kier molecular flexibility index (Phi) is 7.56. The van der Waals surface area contributed by atoms with E-state index in [4.69, 9.17) is 5.11 Å². The predicted octanol–water partition coefficient (Wildman–Crippen LogP) is 1.27. The lowest BCUT2D eigenvalue weighted by Gasteiger charge is -2.22. The van der Waals surface area contributed by atoms with E-state index in [0.29, 0.717) is 12.5 Å². The van der Waals surface area contributed by atoms with Gasteiger partial charge in [-0.15, -0.1) is 0 Å². The average molecular weight is 300 g/mol. The van der Waals surface area contributed by atoms with Gasteiger partial charge in [-0.25, -0.2) is 9.59 Å². The lowest BCUT2D eigenvalue weighted by atomic mass is 9.89. The van der Waals surface area contributed by atoms with E-state index in [-0.39, 0.29) is 12.8 Å². The molecule has 1 aliphatic carbocycles. The Morgan fingerprint density at radius 1 is 1.24 bits per heavy atom. The zero-order valence-electron chi connectivity index (χ0n) is 12.4. The molecule has 0 bridgehead atoms. The van der Waals surface area contributed by atoms with Gasteiger partial charge in [-0.1, -0.05) is 19.3 Å². The maximum atomic E-state index is 11.7. The molecule has 0 saturated heterocycles. The highest BCUT2D eigenvalue weighted by atomic mass is 16.5. The third-order valence-electron chi connectivity index (χ3n) is 3.74. The number of hydrogen-bond donors (Lipinski definition) is 3. The van der Waals surface area contributed by atoms with E-state index in [2.05, 4.69) is 15.4 Å². The minimum Gasteiger partial charge on any atom is -0.480 e. The zero-order valence-corrected chi connectivity index (χ0v) is 12.4. The van der Waals surface area contributed by atoms with Crippen LogP contribution in [-0.4, -0.2) is 42.8 Å². The van der Waals surface area contributed by atoms with E-state index in [1.165, 1.54) is 26.4 Å². The summed E-state index contributed by atoms with van der Waals surface area (Å²) in [5, 5.41) is 14.1. The fourth-order valence-corrected chi connectivity index (χ4v) is 2.46. The first-order valence-corrected chi connectivity index (χ1v) is 7.37. The molecule has 1 rings (SSSR count). The van der Waals surface area contributed by atoms with E-state index in [0.717, 1.165) is 12.8 Å². The van der Waals surface area contributed by atoms with Crippen LogP contribution in [0, 0.1) is 5.92 Å². The van der Waals surface area contributed by atoms with Crippen molar-refractivity contribution >= 4 is 18.0 Å². The number of methoxy groups -OCH3 is 1. The molecule has 3 N–H and O–H groups in total. The number of aliphatic carboxylic acids is 1. The molecule has 0 aromatic rings. The number of carboxylic acid groups (broad SMARTS) is 1. The highest BCUT2D eigenvalue weighted by Gasteiger charge is 2.22. The SMILES string of the molecule is COC(=O)CC[C@@H](NC(=O)NCC1CCCCC1)C(=O)O. The quantitative estimate of drug-likeness (QED) is 0.614. The number of rotatable bonds is 7. The predicted molar refractivity (Wildman–Crippen MR) is 75.8 cm³/mol. The Hall–Kier alpha value is -1.79. The van der Waals surface area contributed by atoms with Crippen LogP contribution in [0.4, 0.5) is 4.79 Å². The van der Waals surface area contributed by atoms with E-state index in [9.17, 15) is 14.4 Å². The first-order valence-electron chi connectivity index (χ1n) is 7.37. The van der Waals surface area contributed by atoms with Crippen LogP contribution in [0.2, 0.25) is 0 Å². The molecule has 1 saturated carbocycles. The normalized spacial score (nSPS) is 16.8. The smallest absolute Gasteiger partial charge is 0.326 e. The molecule has 1 fully saturated rings. The number of amides is 2. The Morgan fingerprint density at radius 3 is 2.48 bits per heavy atom. The summed E-state index contributed by atoms with van der Waals surface area (Å²) in [5.41, 5.74) is 0. The molecule has 2 amide bonds. The largest absolute Gasteiger partial charge is 0.480 e. The van der Waals surface area contributed by atoms with Crippen molar-refractivity contribution in [3.63, 3.8) is 0 Å². The van der Waals surface area contributed by atoms with Gasteiger partial charge in [0, 0.05) is 13.0 Å². The monoisotopic (exact) mass is 300 g/mol. The number of esters is 1. The van der Waals surface area contributed by atoms with Crippen molar-refractivity contribution in [3.8, 4) is 0 Å². The average Bonchev–Trinajstić information content (AvgIpc) is 2.49. The van der Waals surface area contributed by atoms with Crippen LogP contribution in [0.1, 0.15) is 44.9 Å². The Labute approximate surface area is 124 Å². The molecule has 0 unspecified atom stereocenters. The molecule has 7 heteroatoms. The number of hydrogen-bond acceptors (Lipinski definition) is 4. The third kappa shape index (κ3) is 6.97. The first kappa shape index (κ1) is 17.3. The second-order valence-corrected chi connectivity index (χ2v) is 5.36. The third-order valence-corrected chi connectivity index (χ3v) is 3.74. The maximum Gasteiger partial charge on any atom is 0.326 e. The molecule has 0 heterocycles. The van der Waals surface area contributed by atoms with Crippen molar-refractivity contribution < 1.29 is 24.2 Å². The van der Waals surface area contributed by atoms with E-state index in [1.807, 2.05) is 0 Å². The highest BCUT2D eigenvalue weighted by molar-refractivity contribution is 5.83. The van der Waals surface area contributed by atoms with E-state index < -0.39 is 24.0 Å². The fraction of sp³-hybridized carbons (Fsp3) is 0.786. The second-order valence-electron chi connectivity index (χ2n) is 5.36. The van der Waals surface area contributed by atoms with Gasteiger partial charge in [0.05, 0.1) is 7.11 Å². The first-order chi connectivity index (χ1) is 10.0.